The van der Waals surface area contributed by atoms with Crippen LogP contribution in [-0.2, 0) is 19.1 Å². The Kier molecular flexibility index (Phi) is 8.71. The van der Waals surface area contributed by atoms with Crippen LogP contribution < -0.4 is 5.32 Å². The highest BCUT2D eigenvalue weighted by Gasteiger charge is 2.55. The van der Waals surface area contributed by atoms with E-state index in [0.717, 1.165) is 18.4 Å². The lowest BCUT2D eigenvalue weighted by atomic mass is 9.85. The molecule has 6 heteroatoms. The summed E-state index contributed by atoms with van der Waals surface area (Å²) in [6.07, 6.45) is 6.89. The van der Waals surface area contributed by atoms with Crippen molar-refractivity contribution in [2.24, 2.45) is 17.8 Å². The molecule has 1 saturated carbocycles. The number of carbonyl (C=O) groups is 3. The largest absolute Gasteiger partial charge is 0.466 e. The number of carbonyl (C=O) groups excluding carboxylic acids is 3. The number of nitrogens with zero attached hydrogens (tertiary/aromatic N) is 1. The number of esters is 1. The zero-order valence-electron chi connectivity index (χ0n) is 19.7. The normalized spacial score (nSPS) is 25.7. The molecule has 1 aromatic carbocycles. The van der Waals surface area contributed by atoms with Gasteiger partial charge in [-0.3, -0.25) is 14.4 Å². The van der Waals surface area contributed by atoms with E-state index >= 15 is 0 Å². The molecule has 2 amide bonds. The molecule has 6 nitrogen and oxygen atoms in total. The first kappa shape index (κ1) is 24.3. The molecule has 2 aliphatic rings. The zero-order valence-corrected chi connectivity index (χ0v) is 19.7. The van der Waals surface area contributed by atoms with E-state index in [0.29, 0.717) is 18.9 Å². The summed E-state index contributed by atoms with van der Waals surface area (Å²) in [6.45, 7) is 6.50. The molecule has 4 unspecified atom stereocenters. The molecule has 2 fully saturated rings. The second-order valence-electron chi connectivity index (χ2n) is 9.22. The van der Waals surface area contributed by atoms with Gasteiger partial charge in [-0.25, -0.2) is 0 Å². The van der Waals surface area contributed by atoms with Gasteiger partial charge in [0.25, 0.3) is 0 Å². The van der Waals surface area contributed by atoms with Crippen LogP contribution in [0.4, 0.5) is 0 Å². The Hall–Kier alpha value is -2.37. The van der Waals surface area contributed by atoms with Crippen LogP contribution in [0.2, 0.25) is 0 Å². The Bertz CT molecular complexity index is 775. The number of nitrogens with one attached hydrogen (secondary N) is 1. The van der Waals surface area contributed by atoms with Crippen LogP contribution in [0.3, 0.4) is 0 Å². The molecule has 1 aliphatic heterocycles. The van der Waals surface area contributed by atoms with Crippen molar-refractivity contribution in [1.29, 1.82) is 0 Å². The molecule has 0 spiro atoms. The summed E-state index contributed by atoms with van der Waals surface area (Å²) in [6, 6.07) is 8.43. The first-order valence-corrected chi connectivity index (χ1v) is 12.3. The average molecular weight is 443 g/mol. The Morgan fingerprint density at radius 2 is 1.78 bits per heavy atom. The molecule has 0 aromatic heterocycles. The van der Waals surface area contributed by atoms with Crippen LogP contribution in [-0.4, -0.2) is 41.9 Å². The fraction of sp³-hybridized carbons (Fsp3) is 0.654. The third kappa shape index (κ3) is 5.33. The molecule has 1 saturated heterocycles. The van der Waals surface area contributed by atoms with Gasteiger partial charge >= 0.3 is 5.97 Å². The highest BCUT2D eigenvalue weighted by atomic mass is 16.5. The van der Waals surface area contributed by atoms with Gasteiger partial charge in [0, 0.05) is 18.9 Å². The predicted octanol–water partition coefficient (Wildman–Crippen LogP) is 4.25. The number of benzene rings is 1. The minimum absolute atomic E-state index is 0.0407. The maximum atomic E-state index is 13.6. The lowest BCUT2D eigenvalue weighted by Crippen LogP contribution is -2.49. The number of rotatable bonds is 9. The van der Waals surface area contributed by atoms with Gasteiger partial charge in [-0.15, -0.1) is 0 Å². The van der Waals surface area contributed by atoms with Crippen molar-refractivity contribution in [3.05, 3.63) is 35.9 Å². The summed E-state index contributed by atoms with van der Waals surface area (Å²) in [7, 11) is 0. The number of hydrogen-bond acceptors (Lipinski definition) is 4. The lowest BCUT2D eigenvalue weighted by Gasteiger charge is -2.32. The molecule has 3 rings (SSSR count). The van der Waals surface area contributed by atoms with Crippen molar-refractivity contribution < 1.29 is 19.1 Å². The van der Waals surface area contributed by atoms with E-state index < -0.39 is 18.0 Å². The van der Waals surface area contributed by atoms with Crippen molar-refractivity contribution in [2.45, 2.75) is 77.8 Å². The van der Waals surface area contributed by atoms with E-state index in [9.17, 15) is 14.4 Å². The molecular weight excluding hydrogens is 404 g/mol. The first-order valence-electron chi connectivity index (χ1n) is 12.3. The Morgan fingerprint density at radius 3 is 2.41 bits per heavy atom. The van der Waals surface area contributed by atoms with Gasteiger partial charge < -0.3 is 15.0 Å². The van der Waals surface area contributed by atoms with Gasteiger partial charge in [-0.05, 0) is 31.2 Å². The van der Waals surface area contributed by atoms with E-state index in [1.54, 1.807) is 11.8 Å². The maximum absolute atomic E-state index is 13.6. The lowest BCUT2D eigenvalue weighted by molar-refractivity contribution is -0.150. The Morgan fingerprint density at radius 1 is 1.09 bits per heavy atom. The minimum atomic E-state index is -0.683. The SMILES string of the molecule is CCCNC(=O)C1C(C)C(C(=O)OCC)C(c2ccccc2)N1C(=O)CCC1CCCC1. The molecule has 1 heterocycles. The van der Waals surface area contributed by atoms with Crippen LogP contribution in [0.25, 0.3) is 0 Å². The maximum Gasteiger partial charge on any atom is 0.311 e. The van der Waals surface area contributed by atoms with Crippen molar-refractivity contribution >= 4 is 17.8 Å². The molecule has 4 atom stereocenters. The second kappa shape index (κ2) is 11.5. The van der Waals surface area contributed by atoms with E-state index in [1.807, 2.05) is 44.2 Å². The summed E-state index contributed by atoms with van der Waals surface area (Å²) < 4.78 is 5.42. The van der Waals surface area contributed by atoms with Gasteiger partial charge in [0.15, 0.2) is 0 Å². The van der Waals surface area contributed by atoms with Gasteiger partial charge in [-0.1, -0.05) is 69.9 Å². The van der Waals surface area contributed by atoms with E-state index in [-0.39, 0.29) is 30.3 Å². The van der Waals surface area contributed by atoms with Crippen molar-refractivity contribution in [3.63, 3.8) is 0 Å². The van der Waals surface area contributed by atoms with Gasteiger partial charge in [-0.2, -0.15) is 0 Å². The van der Waals surface area contributed by atoms with E-state index in [2.05, 4.69) is 5.32 Å². The monoisotopic (exact) mass is 442 g/mol. The number of amides is 2. The summed E-state index contributed by atoms with van der Waals surface area (Å²) >= 11 is 0. The van der Waals surface area contributed by atoms with Crippen molar-refractivity contribution in [2.75, 3.05) is 13.2 Å². The molecule has 32 heavy (non-hydrogen) atoms. The molecule has 1 aliphatic carbocycles. The molecule has 0 radical (unpaired) electrons. The van der Waals surface area contributed by atoms with Crippen LogP contribution in [0.1, 0.15) is 77.3 Å². The van der Waals surface area contributed by atoms with Crippen molar-refractivity contribution in [1.82, 2.24) is 10.2 Å². The third-order valence-electron chi connectivity index (χ3n) is 7.05. The predicted molar refractivity (Wildman–Crippen MR) is 124 cm³/mol. The topological polar surface area (TPSA) is 75.7 Å². The molecule has 0 bridgehead atoms. The van der Waals surface area contributed by atoms with Gasteiger partial charge in [0.2, 0.25) is 11.8 Å². The zero-order chi connectivity index (χ0) is 23.1. The number of likely N-dealkylation sites (tertiary alicyclic amines) is 1. The quantitative estimate of drug-likeness (QED) is 0.580. The van der Waals surface area contributed by atoms with Gasteiger partial charge in [0.05, 0.1) is 18.6 Å². The van der Waals surface area contributed by atoms with Crippen LogP contribution in [0.15, 0.2) is 30.3 Å². The molecule has 1 N–H and O–H groups in total. The van der Waals surface area contributed by atoms with Gasteiger partial charge in [0.1, 0.15) is 6.04 Å². The molecule has 176 valence electrons. The highest BCUT2D eigenvalue weighted by molar-refractivity contribution is 5.91. The summed E-state index contributed by atoms with van der Waals surface area (Å²) in [5.74, 6) is -0.894. The summed E-state index contributed by atoms with van der Waals surface area (Å²) in [4.78, 5) is 41.7. The molecular formula is C26H38N2O4. The smallest absolute Gasteiger partial charge is 0.311 e. The highest BCUT2D eigenvalue weighted by Crippen LogP contribution is 2.46. The standard InChI is InChI=1S/C26H38N2O4/c1-4-17-27-25(30)23-18(3)22(26(31)32-5-2)24(20-13-7-6-8-14-20)28(23)21(29)16-15-19-11-9-10-12-19/h6-8,13-14,18-19,22-24H,4-5,9-12,15-17H2,1-3H3,(H,27,30). The average Bonchev–Trinajstić information content (AvgIpc) is 3.42. The molecule has 1 aromatic rings. The third-order valence-corrected chi connectivity index (χ3v) is 7.05. The minimum Gasteiger partial charge on any atom is -0.466 e. The van der Waals surface area contributed by atoms with E-state index in [4.69, 9.17) is 4.74 Å². The van der Waals surface area contributed by atoms with Crippen LogP contribution in [0, 0.1) is 17.8 Å². The second-order valence-corrected chi connectivity index (χ2v) is 9.22. The van der Waals surface area contributed by atoms with Crippen molar-refractivity contribution in [3.8, 4) is 0 Å². The summed E-state index contributed by atoms with van der Waals surface area (Å²) in [5.41, 5.74) is 0.873. The van der Waals surface area contributed by atoms with E-state index in [1.165, 1.54) is 25.7 Å². The Labute approximate surface area is 192 Å². The fourth-order valence-electron chi connectivity index (χ4n) is 5.47. The number of ether oxygens (including phenoxy) is 1. The number of hydrogen-bond donors (Lipinski definition) is 1. The summed E-state index contributed by atoms with van der Waals surface area (Å²) in [5, 5.41) is 2.97. The first-order chi connectivity index (χ1) is 15.5. The van der Waals surface area contributed by atoms with Crippen LogP contribution in [0.5, 0.6) is 0 Å². The Balaban J connectivity index is 1.96. The van der Waals surface area contributed by atoms with Crippen LogP contribution >= 0.6 is 0 Å². The fourth-order valence-corrected chi connectivity index (χ4v) is 5.47.